The zero-order valence-corrected chi connectivity index (χ0v) is 17.2. The highest BCUT2D eigenvalue weighted by Gasteiger charge is 2.15. The maximum Gasteiger partial charge on any atom is 0.264 e. The first-order chi connectivity index (χ1) is 14.6. The molecule has 0 radical (unpaired) electrons. The summed E-state index contributed by atoms with van der Waals surface area (Å²) in [6, 6.07) is 24.2. The maximum absolute atomic E-state index is 12.7. The molecule has 7 heteroatoms. The summed E-state index contributed by atoms with van der Waals surface area (Å²) in [5.74, 6) is -0.152. The van der Waals surface area contributed by atoms with E-state index in [0.717, 1.165) is 9.79 Å². The van der Waals surface area contributed by atoms with Crippen molar-refractivity contribution in [3.05, 3.63) is 106 Å². The topological polar surface area (TPSA) is 74.8 Å². The highest BCUT2D eigenvalue weighted by Crippen LogP contribution is 2.33. The zero-order chi connectivity index (χ0) is 20.9. The molecule has 4 rings (SSSR count). The molecule has 3 aromatic carbocycles. The number of para-hydroxylation sites is 1. The van der Waals surface area contributed by atoms with Gasteiger partial charge in [0.1, 0.15) is 11.4 Å². The minimum atomic E-state index is -0.521. The summed E-state index contributed by atoms with van der Waals surface area (Å²) in [7, 11) is 0. The Kier molecular flexibility index (Phi) is 5.97. The van der Waals surface area contributed by atoms with Crippen LogP contribution in [0.25, 0.3) is 11.4 Å². The lowest BCUT2D eigenvalue weighted by Gasteiger charge is -2.10. The van der Waals surface area contributed by atoms with Crippen molar-refractivity contribution in [3.63, 3.8) is 0 Å². The van der Waals surface area contributed by atoms with Crippen LogP contribution in [0.1, 0.15) is 10.4 Å². The van der Waals surface area contributed by atoms with Gasteiger partial charge >= 0.3 is 0 Å². The monoisotopic (exact) mass is 433 g/mol. The van der Waals surface area contributed by atoms with Gasteiger partial charge in [0.05, 0.1) is 5.69 Å². The highest BCUT2D eigenvalue weighted by atomic mass is 35.5. The van der Waals surface area contributed by atoms with Crippen LogP contribution in [0.15, 0.2) is 99.6 Å². The van der Waals surface area contributed by atoms with Gasteiger partial charge in [-0.2, -0.15) is 0 Å². The number of nitrogens with one attached hydrogen (secondary N) is 2. The summed E-state index contributed by atoms with van der Waals surface area (Å²) in [5.41, 5.74) is 0.749. The molecule has 30 heavy (non-hydrogen) atoms. The molecule has 0 aliphatic heterocycles. The summed E-state index contributed by atoms with van der Waals surface area (Å²) >= 11 is 7.42. The van der Waals surface area contributed by atoms with E-state index in [9.17, 15) is 9.59 Å². The Hall–Kier alpha value is -3.35. The number of carbonyl (C=O) groups is 1. The number of anilines is 1. The van der Waals surface area contributed by atoms with Crippen LogP contribution in [0.4, 0.5) is 5.69 Å². The second-order valence-corrected chi connectivity index (χ2v) is 7.90. The van der Waals surface area contributed by atoms with Crippen LogP contribution in [-0.4, -0.2) is 15.9 Å². The van der Waals surface area contributed by atoms with E-state index in [-0.39, 0.29) is 5.56 Å². The molecule has 0 fully saturated rings. The molecule has 0 bridgehead atoms. The largest absolute Gasteiger partial charge is 0.321 e. The fraction of sp³-hybridized carbons (Fsp3) is 0. The Labute approximate surface area is 182 Å². The van der Waals surface area contributed by atoms with Crippen molar-refractivity contribution in [3.8, 4) is 11.4 Å². The highest BCUT2D eigenvalue weighted by molar-refractivity contribution is 7.99. The second-order valence-electron chi connectivity index (χ2n) is 6.35. The smallest absolute Gasteiger partial charge is 0.264 e. The first kappa shape index (κ1) is 19.9. The summed E-state index contributed by atoms with van der Waals surface area (Å²) in [4.78, 5) is 34.0. The molecule has 0 aliphatic rings. The van der Waals surface area contributed by atoms with Crippen molar-refractivity contribution in [2.45, 2.75) is 9.79 Å². The molecule has 1 aromatic heterocycles. The van der Waals surface area contributed by atoms with E-state index in [1.54, 1.807) is 30.3 Å². The number of H-pyrrole nitrogens is 1. The standard InChI is InChI=1S/C23H16ClN3O2S/c24-16-12-10-15(11-13-16)21-25-14-18(23(29)27-21)22(28)26-19-8-4-5-9-20(19)30-17-6-2-1-3-7-17/h1-14H,(H,26,28)(H,25,27,29). The lowest BCUT2D eigenvalue weighted by Crippen LogP contribution is -2.24. The van der Waals surface area contributed by atoms with Gasteiger partial charge in [0.2, 0.25) is 0 Å². The van der Waals surface area contributed by atoms with E-state index >= 15 is 0 Å². The van der Waals surface area contributed by atoms with Crippen LogP contribution in [0.5, 0.6) is 0 Å². The molecule has 0 spiro atoms. The van der Waals surface area contributed by atoms with Crippen molar-refractivity contribution in [1.82, 2.24) is 9.97 Å². The molecule has 0 unspecified atom stereocenters. The summed E-state index contributed by atoms with van der Waals surface area (Å²) < 4.78 is 0. The third-order valence-electron chi connectivity index (χ3n) is 4.27. The lowest BCUT2D eigenvalue weighted by molar-refractivity contribution is 0.102. The van der Waals surface area contributed by atoms with Gasteiger partial charge in [0, 0.05) is 26.6 Å². The van der Waals surface area contributed by atoms with E-state index in [4.69, 9.17) is 11.6 Å². The quantitative estimate of drug-likeness (QED) is 0.436. The third-order valence-corrected chi connectivity index (χ3v) is 5.60. The Bertz CT molecular complexity index is 1240. The van der Waals surface area contributed by atoms with E-state index in [1.807, 2.05) is 48.5 Å². The van der Waals surface area contributed by atoms with Gasteiger partial charge in [0.25, 0.3) is 11.5 Å². The van der Waals surface area contributed by atoms with Crippen LogP contribution < -0.4 is 10.9 Å². The van der Waals surface area contributed by atoms with Crippen molar-refractivity contribution in [2.75, 3.05) is 5.32 Å². The average molecular weight is 434 g/mol. The molecule has 4 aromatic rings. The molecular weight excluding hydrogens is 418 g/mol. The Balaban J connectivity index is 1.56. The second kappa shape index (κ2) is 8.98. The first-order valence-electron chi connectivity index (χ1n) is 9.09. The average Bonchev–Trinajstić information content (AvgIpc) is 2.76. The van der Waals surface area contributed by atoms with E-state index < -0.39 is 11.5 Å². The Morgan fingerprint density at radius 1 is 0.933 bits per heavy atom. The van der Waals surface area contributed by atoms with Gasteiger partial charge in [-0.25, -0.2) is 4.98 Å². The molecule has 148 valence electrons. The SMILES string of the molecule is O=C(Nc1ccccc1Sc1ccccc1)c1cnc(-c2ccc(Cl)cc2)[nH]c1=O. The third kappa shape index (κ3) is 4.62. The van der Waals surface area contributed by atoms with Crippen molar-refractivity contribution < 1.29 is 4.79 Å². The first-order valence-corrected chi connectivity index (χ1v) is 10.3. The summed E-state index contributed by atoms with van der Waals surface area (Å²) in [5, 5.41) is 3.40. The molecule has 0 atom stereocenters. The molecule has 2 N–H and O–H groups in total. The van der Waals surface area contributed by atoms with Crippen molar-refractivity contribution in [2.24, 2.45) is 0 Å². The number of nitrogens with zero attached hydrogens (tertiary/aromatic N) is 1. The number of amides is 1. The number of aromatic amines is 1. The summed E-state index contributed by atoms with van der Waals surface area (Å²) in [6.45, 7) is 0. The molecule has 0 saturated carbocycles. The number of rotatable bonds is 5. The molecule has 1 heterocycles. The van der Waals surface area contributed by atoms with Crippen LogP contribution in [0.3, 0.4) is 0 Å². The van der Waals surface area contributed by atoms with Crippen LogP contribution in [0.2, 0.25) is 5.02 Å². The predicted octanol–water partition coefficient (Wildman–Crippen LogP) is 5.49. The van der Waals surface area contributed by atoms with Gasteiger partial charge in [-0.1, -0.05) is 53.7 Å². The van der Waals surface area contributed by atoms with Crippen molar-refractivity contribution >= 4 is 35.0 Å². The number of carbonyl (C=O) groups excluding carboxylic acids is 1. The minimum Gasteiger partial charge on any atom is -0.321 e. The lowest BCUT2D eigenvalue weighted by atomic mass is 10.2. The minimum absolute atomic E-state index is 0.0628. The Morgan fingerprint density at radius 2 is 1.63 bits per heavy atom. The molecule has 5 nitrogen and oxygen atoms in total. The van der Waals surface area contributed by atoms with E-state index in [0.29, 0.717) is 22.1 Å². The fourth-order valence-corrected chi connectivity index (χ4v) is 3.82. The van der Waals surface area contributed by atoms with Gasteiger partial charge in [-0.15, -0.1) is 0 Å². The van der Waals surface area contributed by atoms with Crippen molar-refractivity contribution in [1.29, 1.82) is 0 Å². The normalized spacial score (nSPS) is 10.6. The Morgan fingerprint density at radius 3 is 2.37 bits per heavy atom. The molecule has 1 amide bonds. The van der Waals surface area contributed by atoms with Gasteiger partial charge in [-0.05, 0) is 48.5 Å². The molecular formula is C23H16ClN3O2S. The van der Waals surface area contributed by atoms with Crippen LogP contribution >= 0.6 is 23.4 Å². The van der Waals surface area contributed by atoms with Gasteiger partial charge in [0.15, 0.2) is 0 Å². The van der Waals surface area contributed by atoms with Gasteiger partial charge < -0.3 is 10.3 Å². The summed E-state index contributed by atoms with van der Waals surface area (Å²) in [6.07, 6.45) is 1.28. The number of hydrogen-bond donors (Lipinski definition) is 2. The van der Waals surface area contributed by atoms with E-state index in [2.05, 4.69) is 15.3 Å². The number of hydrogen-bond acceptors (Lipinski definition) is 4. The predicted molar refractivity (Wildman–Crippen MR) is 120 cm³/mol. The number of halogens is 1. The number of aromatic nitrogens is 2. The molecule has 0 aliphatic carbocycles. The van der Waals surface area contributed by atoms with Crippen LogP contribution in [-0.2, 0) is 0 Å². The fourth-order valence-electron chi connectivity index (χ4n) is 2.78. The van der Waals surface area contributed by atoms with E-state index in [1.165, 1.54) is 18.0 Å². The van der Waals surface area contributed by atoms with Gasteiger partial charge in [-0.3, -0.25) is 9.59 Å². The van der Waals surface area contributed by atoms with Crippen LogP contribution in [0, 0.1) is 0 Å². The zero-order valence-electron chi connectivity index (χ0n) is 15.6. The maximum atomic E-state index is 12.7. The molecule has 0 saturated heterocycles. The number of benzene rings is 3.